The fraction of sp³-hybridized carbons (Fsp3) is 0.429. The number of aryl methyl sites for hydroxylation is 2. The molecule has 0 spiro atoms. The molecular formula is C14H18N4O2. The van der Waals surface area contributed by atoms with Crippen molar-refractivity contribution in [3.05, 3.63) is 29.3 Å². The molecular weight excluding hydrogens is 256 g/mol. The summed E-state index contributed by atoms with van der Waals surface area (Å²) in [7, 11) is 0. The number of hydrogen-bond acceptors (Lipinski definition) is 4. The zero-order chi connectivity index (χ0) is 14.9. The van der Waals surface area contributed by atoms with Crippen LogP contribution in [0, 0.1) is 19.3 Å². The molecule has 0 aliphatic carbocycles. The average Bonchev–Trinajstić information content (AvgIpc) is 2.80. The zero-order valence-electron chi connectivity index (χ0n) is 12.1. The van der Waals surface area contributed by atoms with Crippen LogP contribution in [0.4, 0.5) is 0 Å². The predicted molar refractivity (Wildman–Crippen MR) is 74.1 cm³/mol. The quantitative estimate of drug-likeness (QED) is 0.923. The van der Waals surface area contributed by atoms with Gasteiger partial charge in [-0.15, -0.1) is 5.10 Å². The normalized spacial score (nSPS) is 11.6. The fourth-order valence-electron chi connectivity index (χ4n) is 1.84. The Labute approximate surface area is 117 Å². The molecule has 1 aromatic heterocycles. The molecule has 106 valence electrons. The highest BCUT2D eigenvalue weighted by Crippen LogP contribution is 2.23. The summed E-state index contributed by atoms with van der Waals surface area (Å²) in [5, 5.41) is 20.8. The minimum absolute atomic E-state index is 0.220. The first-order valence-electron chi connectivity index (χ1n) is 6.38. The zero-order valence-corrected chi connectivity index (χ0v) is 12.1. The molecule has 2 aromatic rings. The first-order chi connectivity index (χ1) is 9.31. The molecule has 0 fully saturated rings. The lowest BCUT2D eigenvalue weighted by Gasteiger charge is -2.19. The summed E-state index contributed by atoms with van der Waals surface area (Å²) in [6, 6.07) is 5.95. The fourth-order valence-corrected chi connectivity index (χ4v) is 1.84. The smallest absolute Gasteiger partial charge is 0.310 e. The van der Waals surface area contributed by atoms with Gasteiger partial charge in [0.15, 0.2) is 5.82 Å². The number of tetrazole rings is 1. The van der Waals surface area contributed by atoms with Gasteiger partial charge in [-0.2, -0.15) is 0 Å². The van der Waals surface area contributed by atoms with Crippen LogP contribution in [-0.2, 0) is 11.3 Å². The highest BCUT2D eigenvalue weighted by atomic mass is 16.4. The van der Waals surface area contributed by atoms with Gasteiger partial charge in [0.05, 0.1) is 12.0 Å². The van der Waals surface area contributed by atoms with Gasteiger partial charge in [-0.3, -0.25) is 4.79 Å². The molecule has 0 aliphatic heterocycles. The second-order valence-corrected chi connectivity index (χ2v) is 5.65. The lowest BCUT2D eigenvalue weighted by atomic mass is 9.94. The summed E-state index contributed by atoms with van der Waals surface area (Å²) in [6.07, 6.45) is 0. The molecule has 0 aliphatic rings. The monoisotopic (exact) mass is 274 g/mol. The highest BCUT2D eigenvalue weighted by Gasteiger charge is 2.29. The number of benzene rings is 1. The summed E-state index contributed by atoms with van der Waals surface area (Å²) in [4.78, 5) is 11.2. The first-order valence-corrected chi connectivity index (χ1v) is 6.38. The van der Waals surface area contributed by atoms with Crippen LogP contribution in [0.25, 0.3) is 11.4 Å². The molecule has 1 heterocycles. The van der Waals surface area contributed by atoms with Crippen molar-refractivity contribution >= 4 is 5.97 Å². The number of carboxylic acid groups (broad SMARTS) is 1. The lowest BCUT2D eigenvalue weighted by molar-refractivity contribution is -0.147. The van der Waals surface area contributed by atoms with Gasteiger partial charge in [-0.1, -0.05) is 12.1 Å². The Bertz CT molecular complexity index is 646. The number of hydrogen-bond donors (Lipinski definition) is 1. The standard InChI is InChI=1S/C14H18N4O2/c1-9-5-6-11(7-10(9)2)12-15-16-17-18(12)8-14(3,4)13(19)20/h5-7H,8H2,1-4H3,(H,19,20). The largest absolute Gasteiger partial charge is 0.481 e. The molecule has 0 atom stereocenters. The Morgan fingerprint density at radius 3 is 2.60 bits per heavy atom. The molecule has 0 amide bonds. The summed E-state index contributed by atoms with van der Waals surface area (Å²) in [5.41, 5.74) is 2.30. The van der Waals surface area contributed by atoms with Crippen LogP contribution >= 0.6 is 0 Å². The van der Waals surface area contributed by atoms with Crippen molar-refractivity contribution in [3.8, 4) is 11.4 Å². The molecule has 6 heteroatoms. The van der Waals surface area contributed by atoms with E-state index >= 15 is 0 Å². The van der Waals surface area contributed by atoms with E-state index in [0.29, 0.717) is 5.82 Å². The van der Waals surface area contributed by atoms with E-state index in [1.807, 2.05) is 32.0 Å². The maximum absolute atomic E-state index is 11.2. The van der Waals surface area contributed by atoms with Crippen molar-refractivity contribution in [2.75, 3.05) is 0 Å². The molecule has 0 bridgehead atoms. The molecule has 2 rings (SSSR count). The number of carboxylic acids is 1. The molecule has 0 radical (unpaired) electrons. The Morgan fingerprint density at radius 1 is 1.30 bits per heavy atom. The maximum Gasteiger partial charge on any atom is 0.310 e. The molecule has 0 saturated heterocycles. The van der Waals surface area contributed by atoms with Gasteiger partial charge >= 0.3 is 5.97 Å². The van der Waals surface area contributed by atoms with Crippen LogP contribution in [0.3, 0.4) is 0 Å². The van der Waals surface area contributed by atoms with E-state index < -0.39 is 11.4 Å². The van der Waals surface area contributed by atoms with E-state index in [9.17, 15) is 9.90 Å². The van der Waals surface area contributed by atoms with Gasteiger partial charge in [0, 0.05) is 5.56 Å². The van der Waals surface area contributed by atoms with Crippen molar-refractivity contribution in [1.82, 2.24) is 20.2 Å². The van der Waals surface area contributed by atoms with Crippen LogP contribution in [-0.4, -0.2) is 31.3 Å². The second-order valence-electron chi connectivity index (χ2n) is 5.65. The van der Waals surface area contributed by atoms with E-state index in [2.05, 4.69) is 15.5 Å². The molecule has 20 heavy (non-hydrogen) atoms. The van der Waals surface area contributed by atoms with E-state index in [4.69, 9.17) is 0 Å². The topological polar surface area (TPSA) is 80.9 Å². The van der Waals surface area contributed by atoms with Crippen molar-refractivity contribution in [1.29, 1.82) is 0 Å². The van der Waals surface area contributed by atoms with Gasteiger partial charge in [-0.25, -0.2) is 4.68 Å². The molecule has 6 nitrogen and oxygen atoms in total. The van der Waals surface area contributed by atoms with Gasteiger partial charge in [-0.05, 0) is 55.3 Å². The van der Waals surface area contributed by atoms with Crippen LogP contribution in [0.2, 0.25) is 0 Å². The van der Waals surface area contributed by atoms with Crippen LogP contribution in [0.1, 0.15) is 25.0 Å². The molecule has 1 aromatic carbocycles. The SMILES string of the molecule is Cc1ccc(-c2nnnn2CC(C)(C)C(=O)O)cc1C. The van der Waals surface area contributed by atoms with E-state index in [0.717, 1.165) is 11.1 Å². The first kappa shape index (κ1) is 14.2. The third-order valence-corrected chi connectivity index (χ3v) is 3.42. The van der Waals surface area contributed by atoms with Crippen LogP contribution in [0.5, 0.6) is 0 Å². The van der Waals surface area contributed by atoms with Gasteiger partial charge < -0.3 is 5.11 Å². The lowest BCUT2D eigenvalue weighted by Crippen LogP contribution is -2.30. The number of aliphatic carboxylic acids is 1. The van der Waals surface area contributed by atoms with Crippen molar-refractivity contribution in [2.45, 2.75) is 34.2 Å². The van der Waals surface area contributed by atoms with Crippen molar-refractivity contribution in [3.63, 3.8) is 0 Å². The summed E-state index contributed by atoms with van der Waals surface area (Å²) >= 11 is 0. The number of carbonyl (C=O) groups is 1. The third-order valence-electron chi connectivity index (χ3n) is 3.42. The van der Waals surface area contributed by atoms with Gasteiger partial charge in [0.25, 0.3) is 0 Å². The average molecular weight is 274 g/mol. The number of aromatic nitrogens is 4. The summed E-state index contributed by atoms with van der Waals surface area (Å²) in [6.45, 7) is 7.59. The van der Waals surface area contributed by atoms with E-state index in [-0.39, 0.29) is 6.54 Å². The Kier molecular flexibility index (Phi) is 3.57. The predicted octanol–water partition coefficient (Wildman–Crippen LogP) is 2.07. The maximum atomic E-state index is 11.2. The minimum Gasteiger partial charge on any atom is -0.481 e. The van der Waals surface area contributed by atoms with Crippen LogP contribution in [0.15, 0.2) is 18.2 Å². The van der Waals surface area contributed by atoms with Gasteiger partial charge in [0.1, 0.15) is 0 Å². The second kappa shape index (κ2) is 5.03. The molecule has 0 saturated carbocycles. The summed E-state index contributed by atoms with van der Waals surface area (Å²) < 4.78 is 1.54. The minimum atomic E-state index is -0.927. The van der Waals surface area contributed by atoms with E-state index in [1.165, 1.54) is 10.2 Å². The third kappa shape index (κ3) is 2.68. The van der Waals surface area contributed by atoms with Crippen molar-refractivity contribution < 1.29 is 9.90 Å². The van der Waals surface area contributed by atoms with Crippen LogP contribution < -0.4 is 0 Å². The van der Waals surface area contributed by atoms with Gasteiger partial charge in [0.2, 0.25) is 0 Å². The Morgan fingerprint density at radius 2 is 2.00 bits per heavy atom. The Hall–Kier alpha value is -2.24. The molecule has 0 unspecified atom stereocenters. The highest BCUT2D eigenvalue weighted by molar-refractivity contribution is 5.73. The molecule has 1 N–H and O–H groups in total. The summed E-state index contributed by atoms with van der Waals surface area (Å²) in [5.74, 6) is -0.290. The number of rotatable bonds is 4. The van der Waals surface area contributed by atoms with E-state index in [1.54, 1.807) is 13.8 Å². The number of nitrogens with zero attached hydrogens (tertiary/aromatic N) is 4. The van der Waals surface area contributed by atoms with Crippen molar-refractivity contribution in [2.24, 2.45) is 5.41 Å². The Balaban J connectivity index is 2.38.